The van der Waals surface area contributed by atoms with E-state index in [1.807, 2.05) is 49.5 Å². The lowest BCUT2D eigenvalue weighted by Gasteiger charge is -2.21. The third-order valence-electron chi connectivity index (χ3n) is 4.76. The lowest BCUT2D eigenvalue weighted by molar-refractivity contribution is -0.0613. The van der Waals surface area contributed by atoms with Gasteiger partial charge in [-0.1, -0.05) is 30.3 Å². The number of aliphatic hydroxyl groups is 3. The van der Waals surface area contributed by atoms with E-state index in [0.717, 1.165) is 22.3 Å². The minimum Gasteiger partial charge on any atom is -0.390 e. The fraction of sp³-hybridized carbons (Fsp3) is 0.400. The van der Waals surface area contributed by atoms with Crippen molar-refractivity contribution in [3.8, 4) is 0 Å². The summed E-state index contributed by atoms with van der Waals surface area (Å²) in [7, 11) is 0. The first kappa shape index (κ1) is 19.4. The second kappa shape index (κ2) is 8.58. The van der Waals surface area contributed by atoms with Crippen molar-refractivity contribution in [2.24, 2.45) is 0 Å². The van der Waals surface area contributed by atoms with E-state index in [-0.39, 0.29) is 0 Å². The Hall–Kier alpha value is -2.32. The third-order valence-corrected chi connectivity index (χ3v) is 4.76. The van der Waals surface area contributed by atoms with Gasteiger partial charge < -0.3 is 25.0 Å². The Morgan fingerprint density at radius 3 is 2.48 bits per heavy atom. The first-order valence-electron chi connectivity index (χ1n) is 8.95. The molecule has 3 aromatic rings. The number of aromatic nitrogens is 3. The van der Waals surface area contributed by atoms with Crippen LogP contribution in [0.25, 0.3) is 11.0 Å². The molecule has 0 radical (unpaired) electrons. The molecule has 1 aliphatic rings. The highest BCUT2D eigenvalue weighted by Crippen LogP contribution is 2.24. The van der Waals surface area contributed by atoms with Gasteiger partial charge in [0, 0.05) is 18.0 Å². The van der Waals surface area contributed by atoms with Crippen LogP contribution in [0.3, 0.4) is 0 Å². The van der Waals surface area contributed by atoms with Crippen LogP contribution in [0.2, 0.25) is 0 Å². The molecule has 1 fully saturated rings. The molecule has 0 unspecified atom stereocenters. The Bertz CT molecular complexity index is 855. The molecule has 1 aliphatic heterocycles. The van der Waals surface area contributed by atoms with Crippen LogP contribution in [0.1, 0.15) is 18.2 Å². The molecule has 0 spiro atoms. The number of ether oxygens (including phenoxy) is 1. The molecule has 7 heteroatoms. The second-order valence-electron chi connectivity index (χ2n) is 6.74. The molecule has 27 heavy (non-hydrogen) atoms. The molecule has 3 heterocycles. The Kier molecular flexibility index (Phi) is 6.18. The topological polar surface area (TPSA) is 111 Å². The predicted octanol–water partition coefficient (Wildman–Crippen LogP) is 1.37. The molecule has 7 nitrogen and oxygen atoms in total. The van der Waals surface area contributed by atoms with Crippen LogP contribution in [0.15, 0.2) is 48.9 Å². The zero-order valence-electron chi connectivity index (χ0n) is 15.4. The number of benzene rings is 1. The van der Waals surface area contributed by atoms with Gasteiger partial charge in [0.1, 0.15) is 30.3 Å². The van der Waals surface area contributed by atoms with Gasteiger partial charge in [-0.2, -0.15) is 0 Å². The van der Waals surface area contributed by atoms with Gasteiger partial charge in [0.15, 0.2) is 0 Å². The normalized spacial score (nSPS) is 25.8. The van der Waals surface area contributed by atoms with E-state index < -0.39 is 30.5 Å². The molecular weight excluding hydrogens is 346 g/mol. The maximum absolute atomic E-state index is 10.0. The van der Waals surface area contributed by atoms with Crippen molar-refractivity contribution in [2.45, 2.75) is 50.8 Å². The van der Waals surface area contributed by atoms with E-state index in [9.17, 15) is 15.3 Å². The second-order valence-corrected chi connectivity index (χ2v) is 6.74. The standard InChI is InChI=1S/C13H18O4.C7H7N3/c1-8-11(15)12(16)13(17-8)10(14)7-9-5-3-2-4-6-9;1-5-6-2-3-8-7(6)10-4-9-5/h2-6,8,10-16H,7H2,1H3;2-4H,1H3,(H,8,9,10)/t8-,10+,11-,12-,13+;/m0./s1. The number of aryl methyl sites for hydroxylation is 1. The minimum atomic E-state index is -1.02. The van der Waals surface area contributed by atoms with Crippen LogP contribution in [-0.2, 0) is 11.2 Å². The molecule has 1 saturated heterocycles. The molecule has 4 rings (SSSR count). The largest absolute Gasteiger partial charge is 0.390 e. The number of hydrogen-bond acceptors (Lipinski definition) is 6. The van der Waals surface area contributed by atoms with Crippen LogP contribution < -0.4 is 0 Å². The Labute approximate surface area is 157 Å². The smallest absolute Gasteiger partial charge is 0.140 e. The van der Waals surface area contributed by atoms with Crippen LogP contribution in [0.4, 0.5) is 0 Å². The first-order chi connectivity index (χ1) is 13.0. The quantitative estimate of drug-likeness (QED) is 0.553. The van der Waals surface area contributed by atoms with Gasteiger partial charge in [-0.05, 0) is 25.5 Å². The Morgan fingerprint density at radius 1 is 1.11 bits per heavy atom. The molecule has 4 N–H and O–H groups in total. The number of fused-ring (bicyclic) bond motifs is 1. The summed E-state index contributed by atoms with van der Waals surface area (Å²) < 4.78 is 5.37. The molecule has 1 aromatic carbocycles. The van der Waals surface area contributed by atoms with E-state index in [1.54, 1.807) is 13.3 Å². The highest BCUT2D eigenvalue weighted by Gasteiger charge is 2.43. The summed E-state index contributed by atoms with van der Waals surface area (Å²) in [6, 6.07) is 11.5. The summed E-state index contributed by atoms with van der Waals surface area (Å²) in [5, 5.41) is 30.4. The summed E-state index contributed by atoms with van der Waals surface area (Å²) in [6.07, 6.45) is -0.0931. The SMILES string of the molecule is C[C@@H]1O[C@H]([C@H](O)Cc2ccccc2)[C@@H](O)[C@H]1O.Cc1ncnc2[nH]ccc12. The van der Waals surface area contributed by atoms with Gasteiger partial charge >= 0.3 is 0 Å². The summed E-state index contributed by atoms with van der Waals surface area (Å²) in [6.45, 7) is 3.65. The molecule has 0 saturated carbocycles. The van der Waals surface area contributed by atoms with Crippen molar-refractivity contribution >= 4 is 11.0 Å². The molecule has 144 valence electrons. The number of nitrogens with one attached hydrogen (secondary N) is 1. The van der Waals surface area contributed by atoms with Gasteiger partial charge in [0.2, 0.25) is 0 Å². The summed E-state index contributed by atoms with van der Waals surface area (Å²) in [5.74, 6) is 0. The van der Waals surface area contributed by atoms with Crippen LogP contribution in [0, 0.1) is 6.92 Å². The van der Waals surface area contributed by atoms with Gasteiger partial charge in [-0.25, -0.2) is 9.97 Å². The average molecular weight is 371 g/mol. The lowest BCUT2D eigenvalue weighted by Crippen LogP contribution is -2.39. The van der Waals surface area contributed by atoms with Crippen LogP contribution >= 0.6 is 0 Å². The number of aromatic amines is 1. The van der Waals surface area contributed by atoms with E-state index in [1.165, 1.54) is 0 Å². The van der Waals surface area contributed by atoms with Crippen molar-refractivity contribution in [3.63, 3.8) is 0 Å². The highest BCUT2D eigenvalue weighted by atomic mass is 16.6. The van der Waals surface area contributed by atoms with Crippen molar-refractivity contribution in [1.29, 1.82) is 0 Å². The monoisotopic (exact) mass is 371 g/mol. The molecule has 2 aromatic heterocycles. The molecule has 0 bridgehead atoms. The molecule has 0 aliphatic carbocycles. The third kappa shape index (κ3) is 4.51. The fourth-order valence-corrected chi connectivity index (χ4v) is 3.17. The number of rotatable bonds is 3. The number of aliphatic hydroxyl groups excluding tert-OH is 3. The maximum Gasteiger partial charge on any atom is 0.140 e. The summed E-state index contributed by atoms with van der Waals surface area (Å²) in [4.78, 5) is 11.1. The van der Waals surface area contributed by atoms with Gasteiger partial charge in [0.05, 0.1) is 17.9 Å². The number of H-pyrrole nitrogens is 1. The van der Waals surface area contributed by atoms with Gasteiger partial charge in [-0.3, -0.25) is 0 Å². The lowest BCUT2D eigenvalue weighted by atomic mass is 9.99. The molecule has 5 atom stereocenters. The number of nitrogens with zero attached hydrogens (tertiary/aromatic N) is 2. The fourth-order valence-electron chi connectivity index (χ4n) is 3.17. The first-order valence-corrected chi connectivity index (χ1v) is 8.95. The zero-order valence-corrected chi connectivity index (χ0v) is 15.4. The highest BCUT2D eigenvalue weighted by molar-refractivity contribution is 5.77. The van der Waals surface area contributed by atoms with Crippen LogP contribution in [-0.4, -0.2) is 60.8 Å². The van der Waals surface area contributed by atoms with Crippen molar-refractivity contribution in [2.75, 3.05) is 0 Å². The average Bonchev–Trinajstić information content (AvgIpc) is 3.25. The van der Waals surface area contributed by atoms with Crippen molar-refractivity contribution < 1.29 is 20.1 Å². The Morgan fingerprint density at radius 2 is 1.85 bits per heavy atom. The van der Waals surface area contributed by atoms with Gasteiger partial charge in [0.25, 0.3) is 0 Å². The number of hydrogen-bond donors (Lipinski definition) is 4. The summed E-state index contributed by atoms with van der Waals surface area (Å²) in [5.41, 5.74) is 2.91. The van der Waals surface area contributed by atoms with Crippen LogP contribution in [0.5, 0.6) is 0 Å². The zero-order chi connectivity index (χ0) is 19.4. The maximum atomic E-state index is 10.0. The summed E-state index contributed by atoms with van der Waals surface area (Å²) >= 11 is 0. The van der Waals surface area contributed by atoms with E-state index >= 15 is 0 Å². The predicted molar refractivity (Wildman–Crippen MR) is 101 cm³/mol. The molecule has 0 amide bonds. The van der Waals surface area contributed by atoms with Gasteiger partial charge in [-0.15, -0.1) is 0 Å². The van der Waals surface area contributed by atoms with E-state index in [0.29, 0.717) is 6.42 Å². The minimum absolute atomic E-state index is 0.405. The van der Waals surface area contributed by atoms with E-state index in [4.69, 9.17) is 4.74 Å². The van der Waals surface area contributed by atoms with Crippen molar-refractivity contribution in [3.05, 3.63) is 60.2 Å². The Balaban J connectivity index is 0.000000177. The molecular formula is C20H25N3O4. The van der Waals surface area contributed by atoms with E-state index in [2.05, 4.69) is 15.0 Å². The van der Waals surface area contributed by atoms with Crippen molar-refractivity contribution in [1.82, 2.24) is 15.0 Å².